The van der Waals surface area contributed by atoms with E-state index in [-0.39, 0.29) is 0 Å². The lowest BCUT2D eigenvalue weighted by Gasteiger charge is -1.85. The Morgan fingerprint density at radius 1 is 1.22 bits per heavy atom. The summed E-state index contributed by atoms with van der Waals surface area (Å²) in [5.74, 6) is 0. The van der Waals surface area contributed by atoms with Crippen molar-refractivity contribution in [3.05, 3.63) is 40.5 Å². The van der Waals surface area contributed by atoms with Crippen LogP contribution in [0.1, 0.15) is 6.42 Å². The van der Waals surface area contributed by atoms with Crippen LogP contribution in [0.15, 0.2) is 24.6 Å². The smallest absolute Gasteiger partial charge is 0.0934 e. The standard InChI is InChI=1S/C5H7N.N3/c1-2-4-6-5-3-1;1-3-2/h2-6H,1H2;/q;-1/p+1. The van der Waals surface area contributed by atoms with E-state index in [1.165, 1.54) is 4.91 Å². The van der Waals surface area contributed by atoms with E-state index in [9.17, 15) is 0 Å². The highest BCUT2D eigenvalue weighted by molar-refractivity contribution is 4.88. The number of quaternary nitrogens is 1. The fourth-order valence-corrected chi connectivity index (χ4v) is 0.457. The molecular weight excluding hydrogens is 116 g/mol. The molecule has 9 heavy (non-hydrogen) atoms. The first-order valence-electron chi connectivity index (χ1n) is 2.55. The van der Waals surface area contributed by atoms with Crippen molar-refractivity contribution in [3.63, 3.8) is 0 Å². The molecule has 0 spiro atoms. The van der Waals surface area contributed by atoms with Crippen LogP contribution in [-0.4, -0.2) is 0 Å². The van der Waals surface area contributed by atoms with Crippen molar-refractivity contribution in [2.45, 2.75) is 6.42 Å². The van der Waals surface area contributed by atoms with Gasteiger partial charge in [0.1, 0.15) is 0 Å². The number of nitrogens with two attached hydrogens (primary N) is 1. The van der Waals surface area contributed by atoms with E-state index in [1.54, 1.807) is 0 Å². The van der Waals surface area contributed by atoms with Gasteiger partial charge in [-0.2, -0.15) is 0 Å². The van der Waals surface area contributed by atoms with Crippen LogP contribution in [0, 0.1) is 0 Å². The third-order valence-corrected chi connectivity index (χ3v) is 0.767. The summed E-state index contributed by atoms with van der Waals surface area (Å²) in [6, 6.07) is 0. The fraction of sp³-hybridized carbons (Fsp3) is 0.200. The van der Waals surface area contributed by atoms with E-state index >= 15 is 0 Å². The minimum atomic E-state index is 1.11. The molecular formula is C5H8N4. The molecule has 0 aliphatic carbocycles. The minimum Gasteiger partial charge on any atom is -0.373 e. The van der Waals surface area contributed by atoms with E-state index in [0.717, 1.165) is 6.42 Å². The number of nitrogens with zero attached hydrogens (tertiary/aromatic N) is 3. The lowest BCUT2D eigenvalue weighted by molar-refractivity contribution is -0.515. The van der Waals surface area contributed by atoms with Gasteiger partial charge in [0.2, 0.25) is 0 Å². The van der Waals surface area contributed by atoms with Crippen LogP contribution < -0.4 is 5.32 Å². The Labute approximate surface area is 53.3 Å². The van der Waals surface area contributed by atoms with Gasteiger partial charge in [0.15, 0.2) is 0 Å². The van der Waals surface area contributed by atoms with E-state index in [0.29, 0.717) is 0 Å². The molecule has 1 rings (SSSR count). The quantitative estimate of drug-likeness (QED) is 0.282. The Bertz CT molecular complexity index is 121. The first kappa shape index (κ1) is 7.75. The maximum absolute atomic E-state index is 6.75. The molecule has 0 radical (unpaired) electrons. The predicted octanol–water partition coefficient (Wildman–Crippen LogP) is 0.847. The molecule has 0 aromatic carbocycles. The van der Waals surface area contributed by atoms with E-state index in [4.69, 9.17) is 11.1 Å². The minimum absolute atomic E-state index is 1.11. The first-order chi connectivity index (χ1) is 4.41. The van der Waals surface area contributed by atoms with Gasteiger partial charge in [0, 0.05) is 0 Å². The van der Waals surface area contributed by atoms with Crippen LogP contribution in [0.2, 0.25) is 0 Å². The Morgan fingerprint density at radius 2 is 1.67 bits per heavy atom. The number of allylic oxidation sites excluding steroid dienone is 2. The third-order valence-electron chi connectivity index (χ3n) is 0.767. The highest BCUT2D eigenvalue weighted by atomic mass is 15.0. The topological polar surface area (TPSA) is 75.3 Å². The molecule has 0 bridgehead atoms. The van der Waals surface area contributed by atoms with Gasteiger partial charge in [-0.05, 0) is 18.6 Å². The average molecular weight is 124 g/mol. The van der Waals surface area contributed by atoms with Gasteiger partial charge in [-0.15, -0.1) is 0 Å². The average Bonchev–Trinajstić information content (AvgIpc) is 1.93. The van der Waals surface area contributed by atoms with Crippen LogP contribution in [0.5, 0.6) is 0 Å². The van der Waals surface area contributed by atoms with Gasteiger partial charge in [-0.3, -0.25) is 10.2 Å². The molecule has 1 aliphatic rings. The lowest BCUT2D eigenvalue weighted by Crippen LogP contribution is -2.71. The molecule has 0 fully saturated rings. The Balaban J connectivity index is 0.000000187. The monoisotopic (exact) mass is 124 g/mol. The van der Waals surface area contributed by atoms with Crippen molar-refractivity contribution in [2.75, 3.05) is 0 Å². The second-order valence-corrected chi connectivity index (χ2v) is 1.37. The van der Waals surface area contributed by atoms with Gasteiger partial charge in [0.25, 0.3) is 0 Å². The number of hydrogen-bond donors (Lipinski definition) is 1. The number of rotatable bonds is 0. The van der Waals surface area contributed by atoms with Gasteiger partial charge >= 0.3 is 0 Å². The zero-order valence-corrected chi connectivity index (χ0v) is 4.94. The lowest BCUT2D eigenvalue weighted by atomic mass is 10.4. The van der Waals surface area contributed by atoms with Crippen LogP contribution in [0.3, 0.4) is 0 Å². The Hall–Kier alpha value is -1.25. The van der Waals surface area contributed by atoms with E-state index in [1.807, 2.05) is 5.32 Å². The summed E-state index contributed by atoms with van der Waals surface area (Å²) in [5, 5.41) is 2.03. The van der Waals surface area contributed by atoms with Gasteiger partial charge in [-0.1, -0.05) is 0 Å². The number of hydrogen-bond acceptors (Lipinski definition) is 0. The molecule has 48 valence electrons. The molecule has 0 saturated carbocycles. The van der Waals surface area contributed by atoms with Crippen molar-refractivity contribution >= 4 is 0 Å². The summed E-state index contributed by atoms with van der Waals surface area (Å²) < 4.78 is 0. The van der Waals surface area contributed by atoms with Gasteiger partial charge in [-0.25, -0.2) is 0 Å². The molecule has 0 unspecified atom stereocenters. The Kier molecular flexibility index (Phi) is 5.81. The Morgan fingerprint density at radius 3 is 1.78 bits per heavy atom. The van der Waals surface area contributed by atoms with Gasteiger partial charge in [0.05, 0.1) is 12.4 Å². The molecule has 0 aromatic rings. The molecule has 0 atom stereocenters. The molecule has 0 saturated heterocycles. The highest BCUT2D eigenvalue weighted by Gasteiger charge is 1.78. The van der Waals surface area contributed by atoms with Gasteiger partial charge < -0.3 is 11.1 Å². The molecule has 0 aromatic heterocycles. The first-order valence-corrected chi connectivity index (χ1v) is 2.55. The van der Waals surface area contributed by atoms with E-state index < -0.39 is 0 Å². The normalized spacial score (nSPS) is 13.3. The molecule has 2 N–H and O–H groups in total. The maximum Gasteiger partial charge on any atom is 0.0934 e. The van der Waals surface area contributed by atoms with Crippen molar-refractivity contribution in [2.24, 2.45) is 0 Å². The summed E-state index contributed by atoms with van der Waals surface area (Å²) in [5.41, 5.74) is 13.5. The van der Waals surface area contributed by atoms with Crippen molar-refractivity contribution in [3.8, 4) is 0 Å². The summed E-state index contributed by atoms with van der Waals surface area (Å²) in [7, 11) is 0. The summed E-state index contributed by atoms with van der Waals surface area (Å²) >= 11 is 0. The molecule has 0 amide bonds. The predicted molar refractivity (Wildman–Crippen MR) is 34.9 cm³/mol. The van der Waals surface area contributed by atoms with Crippen LogP contribution in [0.25, 0.3) is 16.0 Å². The zero-order chi connectivity index (χ0) is 6.95. The fourth-order valence-electron chi connectivity index (χ4n) is 0.457. The molecule has 1 heterocycles. The molecule has 4 heteroatoms. The second kappa shape index (κ2) is 6.75. The van der Waals surface area contributed by atoms with E-state index in [2.05, 4.69) is 24.6 Å². The third kappa shape index (κ3) is 6.75. The zero-order valence-electron chi connectivity index (χ0n) is 4.94. The SMILES string of the molecule is C1=C[NH2+]C=CC1.[N-]=[N+]=[N-]. The van der Waals surface area contributed by atoms with Crippen LogP contribution in [-0.2, 0) is 0 Å². The maximum atomic E-state index is 6.75. The molecule has 4 nitrogen and oxygen atoms in total. The van der Waals surface area contributed by atoms with Crippen LogP contribution in [0.4, 0.5) is 0 Å². The largest absolute Gasteiger partial charge is 0.373 e. The van der Waals surface area contributed by atoms with Crippen molar-refractivity contribution in [1.82, 2.24) is 0 Å². The second-order valence-electron chi connectivity index (χ2n) is 1.37. The summed E-state index contributed by atoms with van der Waals surface area (Å²) in [6.45, 7) is 0. The van der Waals surface area contributed by atoms with Crippen molar-refractivity contribution < 1.29 is 5.32 Å². The highest BCUT2D eigenvalue weighted by Crippen LogP contribution is 1.81. The van der Waals surface area contributed by atoms with Crippen molar-refractivity contribution in [1.29, 1.82) is 0 Å². The summed E-state index contributed by atoms with van der Waals surface area (Å²) in [4.78, 5) is 1.50. The molecule has 1 aliphatic heterocycles. The summed E-state index contributed by atoms with van der Waals surface area (Å²) in [6.07, 6.45) is 9.47. The van der Waals surface area contributed by atoms with Crippen LogP contribution >= 0.6 is 0 Å².